The van der Waals surface area contributed by atoms with E-state index in [0.29, 0.717) is 6.61 Å². The molecule has 1 heterocycles. The highest BCUT2D eigenvalue weighted by atomic mass is 79.9. The third-order valence-electron chi connectivity index (χ3n) is 2.01. The van der Waals surface area contributed by atoms with Gasteiger partial charge >= 0.3 is 0 Å². The first kappa shape index (κ1) is 11.0. The van der Waals surface area contributed by atoms with Crippen LogP contribution in [-0.4, -0.2) is 25.5 Å². The van der Waals surface area contributed by atoms with Gasteiger partial charge in [-0.15, -0.1) is 0 Å². The maximum Gasteiger partial charge on any atom is 0.145 e. The van der Waals surface area contributed by atoms with Crippen molar-refractivity contribution in [2.45, 2.75) is 0 Å². The molecule has 0 unspecified atom stereocenters. The molecule has 15 heavy (non-hydrogen) atoms. The van der Waals surface area contributed by atoms with Crippen LogP contribution in [0.3, 0.4) is 0 Å². The van der Waals surface area contributed by atoms with Crippen LogP contribution in [0.1, 0.15) is 0 Å². The fourth-order valence-electron chi connectivity index (χ4n) is 1.26. The summed E-state index contributed by atoms with van der Waals surface area (Å²) in [6.07, 6.45) is 0. The largest absolute Gasteiger partial charge is 0.486 e. The number of amidine groups is 1. The van der Waals surface area contributed by atoms with E-state index in [0.717, 1.165) is 33.6 Å². The first-order chi connectivity index (χ1) is 7.25. The number of ether oxygens (including phenoxy) is 1. The Morgan fingerprint density at radius 3 is 2.87 bits per heavy atom. The van der Waals surface area contributed by atoms with Crippen molar-refractivity contribution in [1.82, 2.24) is 5.32 Å². The average molecular weight is 334 g/mol. The maximum absolute atomic E-state index is 5.58. The van der Waals surface area contributed by atoms with Crippen molar-refractivity contribution in [3.8, 4) is 5.75 Å². The number of nitrogens with one attached hydrogen (secondary N) is 1. The molecule has 0 saturated heterocycles. The van der Waals surface area contributed by atoms with Gasteiger partial charge in [-0.3, -0.25) is 4.99 Å². The summed E-state index contributed by atoms with van der Waals surface area (Å²) in [6.45, 7) is 2.28. The van der Waals surface area contributed by atoms with Crippen LogP contribution in [0.2, 0.25) is 0 Å². The van der Waals surface area contributed by atoms with E-state index < -0.39 is 0 Å². The zero-order valence-electron chi connectivity index (χ0n) is 7.96. The average Bonchev–Trinajstić information content (AvgIpc) is 2.73. The summed E-state index contributed by atoms with van der Waals surface area (Å²) in [6, 6.07) is 5.80. The van der Waals surface area contributed by atoms with Crippen molar-refractivity contribution in [3.63, 3.8) is 0 Å². The fraction of sp³-hybridized carbons (Fsp3) is 0.300. The Labute approximate surface area is 105 Å². The van der Waals surface area contributed by atoms with E-state index in [-0.39, 0.29) is 0 Å². The van der Waals surface area contributed by atoms with Gasteiger partial charge in [0.25, 0.3) is 0 Å². The highest BCUT2D eigenvalue weighted by molar-refractivity contribution is 9.13. The van der Waals surface area contributed by atoms with Crippen LogP contribution >= 0.6 is 31.9 Å². The molecule has 1 N–H and O–H groups in total. The van der Waals surface area contributed by atoms with Crippen molar-refractivity contribution in [2.24, 2.45) is 4.99 Å². The topological polar surface area (TPSA) is 33.6 Å². The van der Waals surface area contributed by atoms with Crippen molar-refractivity contribution in [1.29, 1.82) is 0 Å². The Morgan fingerprint density at radius 1 is 1.33 bits per heavy atom. The number of benzene rings is 1. The van der Waals surface area contributed by atoms with E-state index in [1.165, 1.54) is 0 Å². The first-order valence-corrected chi connectivity index (χ1v) is 6.19. The number of halogens is 2. The minimum Gasteiger partial charge on any atom is -0.486 e. The third kappa shape index (κ3) is 2.95. The quantitative estimate of drug-likeness (QED) is 0.922. The van der Waals surface area contributed by atoms with E-state index in [1.807, 2.05) is 18.2 Å². The first-order valence-electron chi connectivity index (χ1n) is 4.61. The van der Waals surface area contributed by atoms with Gasteiger partial charge in [0.1, 0.15) is 18.2 Å². The van der Waals surface area contributed by atoms with E-state index in [9.17, 15) is 0 Å². The normalized spacial score (nSPS) is 14.7. The van der Waals surface area contributed by atoms with Gasteiger partial charge in [-0.05, 0) is 50.1 Å². The summed E-state index contributed by atoms with van der Waals surface area (Å²) in [7, 11) is 0. The second kappa shape index (κ2) is 4.99. The molecule has 0 aliphatic carbocycles. The van der Waals surface area contributed by atoms with Gasteiger partial charge in [-0.1, -0.05) is 0 Å². The Balaban J connectivity index is 1.96. The molecular weight excluding hydrogens is 324 g/mol. The standard InChI is InChI=1S/C10H10Br2N2O/c11-8-2-1-7(5-9(8)12)15-6-10-13-3-4-14-10/h1-2,5H,3-4,6H2,(H,13,14). The molecule has 0 amide bonds. The molecular formula is C10H10Br2N2O. The van der Waals surface area contributed by atoms with E-state index in [4.69, 9.17) is 4.74 Å². The summed E-state index contributed by atoms with van der Waals surface area (Å²) < 4.78 is 7.59. The Bertz CT molecular complexity index is 393. The van der Waals surface area contributed by atoms with E-state index in [1.54, 1.807) is 0 Å². The second-order valence-corrected chi connectivity index (χ2v) is 4.83. The van der Waals surface area contributed by atoms with Crippen molar-refractivity contribution in [3.05, 3.63) is 27.1 Å². The molecule has 2 rings (SSSR count). The van der Waals surface area contributed by atoms with Gasteiger partial charge in [0.15, 0.2) is 0 Å². The fourth-order valence-corrected chi connectivity index (χ4v) is 1.87. The smallest absolute Gasteiger partial charge is 0.145 e. The molecule has 1 aliphatic rings. The molecule has 0 spiro atoms. The number of hydrogen-bond acceptors (Lipinski definition) is 3. The summed E-state index contributed by atoms with van der Waals surface area (Å²) in [5.74, 6) is 1.76. The third-order valence-corrected chi connectivity index (χ3v) is 3.89. The molecule has 1 aromatic rings. The predicted molar refractivity (Wildman–Crippen MR) is 67.6 cm³/mol. The second-order valence-electron chi connectivity index (χ2n) is 3.12. The van der Waals surface area contributed by atoms with Crippen LogP contribution in [0, 0.1) is 0 Å². The monoisotopic (exact) mass is 332 g/mol. The van der Waals surface area contributed by atoms with Crippen molar-refractivity contribution >= 4 is 37.7 Å². The number of nitrogens with zero attached hydrogens (tertiary/aromatic N) is 1. The van der Waals surface area contributed by atoms with Crippen LogP contribution in [0.25, 0.3) is 0 Å². The lowest BCUT2D eigenvalue weighted by Gasteiger charge is -2.07. The maximum atomic E-state index is 5.58. The van der Waals surface area contributed by atoms with Gasteiger partial charge in [0, 0.05) is 15.5 Å². The lowest BCUT2D eigenvalue weighted by Crippen LogP contribution is -2.24. The van der Waals surface area contributed by atoms with Crippen molar-refractivity contribution < 1.29 is 4.74 Å². The molecule has 0 aromatic heterocycles. The molecule has 0 saturated carbocycles. The van der Waals surface area contributed by atoms with Crippen LogP contribution in [0.15, 0.2) is 32.1 Å². The minimum atomic E-state index is 0.508. The van der Waals surface area contributed by atoms with E-state index >= 15 is 0 Å². The zero-order chi connectivity index (χ0) is 10.7. The van der Waals surface area contributed by atoms with Crippen LogP contribution < -0.4 is 10.1 Å². The summed E-state index contributed by atoms with van der Waals surface area (Å²) in [5.41, 5.74) is 0. The summed E-state index contributed by atoms with van der Waals surface area (Å²) in [4.78, 5) is 4.25. The SMILES string of the molecule is Brc1ccc(OCC2=NCCN2)cc1Br. The molecule has 80 valence electrons. The molecule has 1 aromatic carbocycles. The molecule has 0 fully saturated rings. The van der Waals surface area contributed by atoms with Crippen molar-refractivity contribution in [2.75, 3.05) is 19.7 Å². The number of rotatable bonds is 3. The highest BCUT2D eigenvalue weighted by Gasteiger charge is 2.06. The summed E-state index contributed by atoms with van der Waals surface area (Å²) >= 11 is 6.84. The Kier molecular flexibility index (Phi) is 3.64. The van der Waals surface area contributed by atoms with Gasteiger partial charge in [-0.25, -0.2) is 0 Å². The predicted octanol–water partition coefficient (Wildman–Crippen LogP) is 2.59. The van der Waals surface area contributed by atoms with Crippen LogP contribution in [-0.2, 0) is 0 Å². The molecule has 0 radical (unpaired) electrons. The van der Waals surface area contributed by atoms with Crippen LogP contribution in [0.4, 0.5) is 0 Å². The Morgan fingerprint density at radius 2 is 2.20 bits per heavy atom. The van der Waals surface area contributed by atoms with Gasteiger partial charge < -0.3 is 10.1 Å². The summed E-state index contributed by atoms with van der Waals surface area (Å²) in [5, 5.41) is 3.16. The molecule has 0 bridgehead atoms. The molecule has 3 nitrogen and oxygen atoms in total. The van der Waals surface area contributed by atoms with Gasteiger partial charge in [0.05, 0.1) is 6.54 Å². The zero-order valence-corrected chi connectivity index (χ0v) is 11.1. The number of aliphatic imine (C=N–C) groups is 1. The Hall–Kier alpha value is -0.550. The lowest BCUT2D eigenvalue weighted by atomic mass is 10.3. The van der Waals surface area contributed by atoms with Gasteiger partial charge in [0.2, 0.25) is 0 Å². The highest BCUT2D eigenvalue weighted by Crippen LogP contribution is 2.27. The van der Waals surface area contributed by atoms with Gasteiger partial charge in [-0.2, -0.15) is 0 Å². The lowest BCUT2D eigenvalue weighted by molar-refractivity contribution is 0.373. The van der Waals surface area contributed by atoms with Crippen LogP contribution in [0.5, 0.6) is 5.75 Å². The number of hydrogen-bond donors (Lipinski definition) is 1. The minimum absolute atomic E-state index is 0.508. The molecule has 0 atom stereocenters. The molecule has 5 heteroatoms. The van der Waals surface area contributed by atoms with E-state index in [2.05, 4.69) is 42.2 Å². The molecule has 1 aliphatic heterocycles.